The fourth-order valence-electron chi connectivity index (χ4n) is 3.84. The molecule has 0 amide bonds. The minimum Gasteiger partial charge on any atom is -0.382 e. The van der Waals surface area contributed by atoms with Gasteiger partial charge in [-0.25, -0.2) is 4.98 Å². The van der Waals surface area contributed by atoms with Gasteiger partial charge in [0.2, 0.25) is 5.28 Å². The maximum Gasteiger partial charge on any atom is 0.327 e. The summed E-state index contributed by atoms with van der Waals surface area (Å²) in [6, 6.07) is 0. The van der Waals surface area contributed by atoms with Crippen LogP contribution in [-0.2, 0) is 27.8 Å². The molecule has 30 heavy (non-hydrogen) atoms. The van der Waals surface area contributed by atoms with Crippen LogP contribution in [0.5, 0.6) is 0 Å². The van der Waals surface area contributed by atoms with Crippen LogP contribution in [-0.4, -0.2) is 64.5 Å². The Morgan fingerprint density at radius 2 is 2.13 bits per heavy atom. The van der Waals surface area contributed by atoms with Gasteiger partial charge < -0.3 is 29.0 Å². The lowest BCUT2D eigenvalue weighted by molar-refractivity contribution is -0.314. The third-order valence-electron chi connectivity index (χ3n) is 5.48. The highest BCUT2D eigenvalue weighted by atomic mass is 35.5. The Labute approximate surface area is 178 Å². The highest BCUT2D eigenvalue weighted by Gasteiger charge is 2.60. The van der Waals surface area contributed by atoms with Crippen LogP contribution < -0.4 is 5.73 Å². The van der Waals surface area contributed by atoms with Gasteiger partial charge in [0.1, 0.15) is 24.0 Å². The van der Waals surface area contributed by atoms with Crippen molar-refractivity contribution in [2.24, 2.45) is 5.41 Å². The maximum atomic E-state index is 12.2. The third kappa shape index (κ3) is 3.73. The van der Waals surface area contributed by atoms with E-state index in [2.05, 4.69) is 15.0 Å². The molecular formula is C17H25ClN5O6P. The molecule has 2 saturated heterocycles. The van der Waals surface area contributed by atoms with Crippen molar-refractivity contribution in [1.82, 2.24) is 19.5 Å². The first-order valence-electron chi connectivity index (χ1n) is 9.36. The number of nitrogens with zero attached hydrogens (tertiary/aromatic N) is 4. The number of anilines is 1. The number of rotatable bonds is 5. The largest absolute Gasteiger partial charge is 0.382 e. The fourth-order valence-corrected chi connectivity index (χ4v) is 4.54. The molecule has 2 aliphatic rings. The predicted molar refractivity (Wildman–Crippen MR) is 108 cm³/mol. The number of halogens is 1. The summed E-state index contributed by atoms with van der Waals surface area (Å²) >= 11 is 6.02. The Kier molecular flexibility index (Phi) is 5.38. The Bertz CT molecular complexity index is 1020. The van der Waals surface area contributed by atoms with Crippen LogP contribution in [0.25, 0.3) is 11.2 Å². The molecule has 5 atom stereocenters. The zero-order valence-electron chi connectivity index (χ0n) is 17.4. The molecule has 2 aromatic rings. The third-order valence-corrected chi connectivity index (χ3v) is 6.93. The minimum absolute atomic E-state index is 0.00521. The molecule has 0 aromatic carbocycles. The van der Waals surface area contributed by atoms with Gasteiger partial charge in [-0.2, -0.15) is 9.97 Å². The van der Waals surface area contributed by atoms with Crippen molar-refractivity contribution < 1.29 is 27.8 Å². The van der Waals surface area contributed by atoms with E-state index in [0.29, 0.717) is 17.8 Å². The molecule has 0 radical (unpaired) electrons. The van der Waals surface area contributed by atoms with Crippen LogP contribution in [0.4, 0.5) is 5.82 Å². The molecule has 0 bridgehead atoms. The quantitative estimate of drug-likeness (QED) is 0.523. The lowest BCUT2D eigenvalue weighted by Gasteiger charge is -2.45. The zero-order valence-corrected chi connectivity index (χ0v) is 19.0. The van der Waals surface area contributed by atoms with Crippen molar-refractivity contribution in [3.8, 4) is 0 Å². The van der Waals surface area contributed by atoms with E-state index in [9.17, 15) is 4.57 Å². The molecular weight excluding hydrogens is 437 g/mol. The van der Waals surface area contributed by atoms with E-state index < -0.39 is 37.2 Å². The van der Waals surface area contributed by atoms with Crippen molar-refractivity contribution in [2.45, 2.75) is 45.0 Å². The molecule has 11 nitrogen and oxygen atoms in total. The molecule has 4 heterocycles. The van der Waals surface area contributed by atoms with Crippen molar-refractivity contribution in [3.63, 3.8) is 0 Å². The molecule has 2 unspecified atom stereocenters. The van der Waals surface area contributed by atoms with Crippen molar-refractivity contribution in [1.29, 1.82) is 0 Å². The number of hydrogen-bond donors (Lipinski definition) is 1. The molecule has 2 N–H and O–H groups in total. The molecule has 0 aliphatic carbocycles. The average Bonchev–Trinajstić information content (AvgIpc) is 3.19. The summed E-state index contributed by atoms with van der Waals surface area (Å²) in [5.74, 6) is -0.641. The minimum atomic E-state index is -3.20. The summed E-state index contributed by atoms with van der Waals surface area (Å²) in [6.07, 6.45) is 0.0253. The monoisotopic (exact) mass is 461 g/mol. The maximum absolute atomic E-state index is 12.2. The Hall–Kier alpha value is -1.33. The second-order valence-corrected chi connectivity index (χ2v) is 10.7. The molecule has 4 rings (SSSR count). The van der Waals surface area contributed by atoms with Crippen molar-refractivity contribution in [2.75, 3.05) is 32.7 Å². The van der Waals surface area contributed by atoms with Gasteiger partial charge in [0.05, 0.1) is 25.0 Å². The molecule has 0 spiro atoms. The number of aromatic nitrogens is 4. The molecule has 166 valence electrons. The first-order valence-corrected chi connectivity index (χ1v) is 11.7. The summed E-state index contributed by atoms with van der Waals surface area (Å²) < 4.78 is 42.9. The topological polar surface area (TPSA) is 133 Å². The van der Waals surface area contributed by atoms with Crippen LogP contribution in [0.2, 0.25) is 5.28 Å². The van der Waals surface area contributed by atoms with Crippen LogP contribution in [0, 0.1) is 5.41 Å². The van der Waals surface area contributed by atoms with E-state index >= 15 is 0 Å². The lowest BCUT2D eigenvalue weighted by atomic mass is 9.81. The number of ether oxygens (including phenoxy) is 3. The smallest absolute Gasteiger partial charge is 0.327 e. The average molecular weight is 462 g/mol. The van der Waals surface area contributed by atoms with Crippen LogP contribution >= 0.6 is 19.2 Å². The molecule has 2 aromatic heterocycles. The van der Waals surface area contributed by atoms with Gasteiger partial charge in [-0.1, -0.05) is 6.92 Å². The van der Waals surface area contributed by atoms with E-state index in [1.807, 2.05) is 20.8 Å². The number of nitrogen functional groups attached to an aromatic ring is 1. The lowest BCUT2D eigenvalue weighted by Crippen LogP contribution is -2.54. The van der Waals surface area contributed by atoms with E-state index in [0.717, 1.165) is 0 Å². The number of fused-ring (bicyclic) bond motifs is 2. The van der Waals surface area contributed by atoms with E-state index in [4.69, 9.17) is 40.6 Å². The summed E-state index contributed by atoms with van der Waals surface area (Å²) in [7, 11) is -1.86. The summed E-state index contributed by atoms with van der Waals surface area (Å²) in [4.78, 5) is 12.5. The SMILES string of the molecule is COP(C)(=O)OC[C@H]1O[C@@H](n2cnc3c(N)nc(Cl)nc32)[C@@]2(C)COC(C)(C)OC12. The molecule has 2 fully saturated rings. The van der Waals surface area contributed by atoms with Crippen LogP contribution in [0.15, 0.2) is 6.33 Å². The molecule has 0 saturated carbocycles. The second-order valence-electron chi connectivity index (χ2n) is 8.21. The summed E-state index contributed by atoms with van der Waals surface area (Å²) in [6.45, 7) is 7.40. The van der Waals surface area contributed by atoms with Crippen molar-refractivity contribution in [3.05, 3.63) is 11.6 Å². The van der Waals surface area contributed by atoms with Gasteiger partial charge in [0, 0.05) is 13.8 Å². The first kappa shape index (κ1) is 21.9. The number of nitrogens with two attached hydrogens (primary N) is 1. The molecule has 2 aliphatic heterocycles. The molecule has 13 heteroatoms. The Balaban J connectivity index is 1.73. The normalized spacial score (nSPS) is 32.8. The van der Waals surface area contributed by atoms with Gasteiger partial charge in [0.25, 0.3) is 0 Å². The van der Waals surface area contributed by atoms with Gasteiger partial charge in [-0.15, -0.1) is 0 Å². The zero-order chi connectivity index (χ0) is 21.9. The second kappa shape index (κ2) is 7.37. The van der Waals surface area contributed by atoms with Crippen molar-refractivity contribution >= 4 is 36.2 Å². The highest BCUT2D eigenvalue weighted by Crippen LogP contribution is 2.53. The van der Waals surface area contributed by atoms with Gasteiger partial charge >= 0.3 is 7.60 Å². The van der Waals surface area contributed by atoms with Gasteiger partial charge in [-0.05, 0) is 25.4 Å². The summed E-state index contributed by atoms with van der Waals surface area (Å²) in [5, 5.41) is 0.00521. The predicted octanol–water partition coefficient (Wildman–Crippen LogP) is 2.60. The van der Waals surface area contributed by atoms with Crippen LogP contribution in [0.1, 0.15) is 27.0 Å². The van der Waals surface area contributed by atoms with E-state index in [1.165, 1.54) is 13.8 Å². The first-order chi connectivity index (χ1) is 14.0. The summed E-state index contributed by atoms with van der Waals surface area (Å²) in [5.41, 5.74) is 6.16. The Morgan fingerprint density at radius 3 is 2.83 bits per heavy atom. The number of imidazole rings is 1. The van der Waals surface area contributed by atoms with Crippen LogP contribution in [0.3, 0.4) is 0 Å². The highest BCUT2D eigenvalue weighted by molar-refractivity contribution is 7.52. The fraction of sp³-hybridized carbons (Fsp3) is 0.706. The van der Waals surface area contributed by atoms with E-state index in [-0.39, 0.29) is 17.7 Å². The standard InChI is InChI=1S/C17H25ClN5O6P/c1-16(2)26-7-17(3)11(29-16)9(6-27-30(5,24)25-4)28-14(17)23-8-20-10-12(19)21-15(18)22-13(10)23/h8-9,11,14H,6-7H2,1-5H3,(H2,19,21,22)/t9-,11?,14-,17+,30?/m1/s1. The Morgan fingerprint density at radius 1 is 1.40 bits per heavy atom. The van der Waals surface area contributed by atoms with Gasteiger partial charge in [0.15, 0.2) is 17.3 Å². The van der Waals surface area contributed by atoms with Gasteiger partial charge in [-0.3, -0.25) is 9.13 Å². The number of hydrogen-bond acceptors (Lipinski definition) is 10. The van der Waals surface area contributed by atoms with E-state index in [1.54, 1.807) is 10.9 Å².